The summed E-state index contributed by atoms with van der Waals surface area (Å²) in [5, 5.41) is 5.59. The van der Waals surface area contributed by atoms with Crippen LogP contribution in [0.1, 0.15) is 206 Å². The SMILES string of the molecule is CCCCCCCCCCCCCCCC(=O)[C@H](C(=O)NCCCN)[C@H](C(=O)CCCCCCCCCCCCCCC)C(=O)NCCCN. The van der Waals surface area contributed by atoms with Gasteiger partial charge in [-0.15, -0.1) is 0 Å². The predicted octanol–water partition coefficient (Wildman–Crippen LogP) is 9.25. The lowest BCUT2D eigenvalue weighted by molar-refractivity contribution is -0.148. The van der Waals surface area contributed by atoms with E-state index in [0.29, 0.717) is 51.9 Å². The molecule has 2 atom stereocenters. The Hall–Kier alpha value is -1.80. The first-order valence-corrected chi connectivity index (χ1v) is 21.4. The van der Waals surface area contributed by atoms with E-state index in [1.165, 1.54) is 116 Å². The van der Waals surface area contributed by atoms with Gasteiger partial charge in [0.25, 0.3) is 0 Å². The quantitative estimate of drug-likeness (QED) is 0.0371. The Labute approximate surface area is 308 Å². The Bertz CT molecular complexity index is 756. The second-order valence-electron chi connectivity index (χ2n) is 14.7. The summed E-state index contributed by atoms with van der Waals surface area (Å²) in [6, 6.07) is 0. The molecule has 0 radical (unpaired) electrons. The molecule has 0 aliphatic rings. The minimum atomic E-state index is -1.31. The van der Waals surface area contributed by atoms with E-state index in [-0.39, 0.29) is 24.4 Å². The Morgan fingerprint density at radius 3 is 0.860 bits per heavy atom. The molecule has 50 heavy (non-hydrogen) atoms. The number of amides is 2. The third-order valence-electron chi connectivity index (χ3n) is 10.0. The van der Waals surface area contributed by atoms with Crippen LogP contribution in [0, 0.1) is 11.8 Å². The van der Waals surface area contributed by atoms with E-state index in [1.807, 2.05) is 0 Å². The molecule has 8 nitrogen and oxygen atoms in total. The molecule has 0 rings (SSSR count). The third-order valence-corrected chi connectivity index (χ3v) is 10.0. The molecule has 0 aromatic carbocycles. The van der Waals surface area contributed by atoms with Crippen molar-refractivity contribution in [3.8, 4) is 0 Å². The van der Waals surface area contributed by atoms with Gasteiger partial charge < -0.3 is 22.1 Å². The standard InChI is InChI=1S/C42H82N4O4/c1-3-5-7-9-11-13-15-17-19-21-23-25-27-31-37(47)39(41(49)45-35-29-33-43)40(42(50)46-36-30-34-44)38(48)32-28-26-24-22-20-18-16-14-12-10-8-6-4-2/h39-40H,3-36,43-44H2,1-2H3,(H,45,49)(H,46,50)/t39-,40-/m0/s1. The van der Waals surface area contributed by atoms with Crippen molar-refractivity contribution < 1.29 is 19.2 Å². The number of Topliss-reactive ketones (excluding diaryl/α,β-unsaturated/α-hetero) is 2. The van der Waals surface area contributed by atoms with Gasteiger partial charge in [-0.25, -0.2) is 0 Å². The van der Waals surface area contributed by atoms with E-state index in [4.69, 9.17) is 11.5 Å². The number of nitrogens with one attached hydrogen (secondary N) is 2. The zero-order valence-electron chi connectivity index (χ0n) is 33.0. The zero-order valence-corrected chi connectivity index (χ0v) is 33.0. The molecule has 0 aliphatic heterocycles. The van der Waals surface area contributed by atoms with Crippen LogP contribution in [0.15, 0.2) is 0 Å². The van der Waals surface area contributed by atoms with Gasteiger partial charge in [-0.3, -0.25) is 19.2 Å². The monoisotopic (exact) mass is 707 g/mol. The molecule has 0 saturated carbocycles. The van der Waals surface area contributed by atoms with Crippen LogP contribution in [0.25, 0.3) is 0 Å². The van der Waals surface area contributed by atoms with Crippen molar-refractivity contribution in [2.45, 2.75) is 206 Å². The van der Waals surface area contributed by atoms with E-state index in [0.717, 1.165) is 38.5 Å². The van der Waals surface area contributed by atoms with E-state index in [1.54, 1.807) is 0 Å². The number of hydrogen-bond acceptors (Lipinski definition) is 6. The number of carbonyl (C=O) groups is 4. The molecule has 0 aromatic rings. The highest BCUT2D eigenvalue weighted by atomic mass is 16.2. The predicted molar refractivity (Wildman–Crippen MR) is 211 cm³/mol. The summed E-state index contributed by atoms with van der Waals surface area (Å²) in [4.78, 5) is 54.2. The maximum absolute atomic E-state index is 13.7. The van der Waals surface area contributed by atoms with Crippen LogP contribution >= 0.6 is 0 Å². The van der Waals surface area contributed by atoms with E-state index in [9.17, 15) is 19.2 Å². The molecular weight excluding hydrogens is 624 g/mol. The highest BCUT2D eigenvalue weighted by Gasteiger charge is 2.42. The van der Waals surface area contributed by atoms with Crippen molar-refractivity contribution in [2.24, 2.45) is 23.3 Å². The van der Waals surface area contributed by atoms with Gasteiger partial charge in [-0.1, -0.05) is 168 Å². The Kier molecular flexibility index (Phi) is 35.6. The van der Waals surface area contributed by atoms with Crippen molar-refractivity contribution in [3.63, 3.8) is 0 Å². The number of unbranched alkanes of at least 4 members (excludes halogenated alkanes) is 24. The largest absolute Gasteiger partial charge is 0.355 e. The fourth-order valence-corrected chi connectivity index (χ4v) is 6.76. The fourth-order valence-electron chi connectivity index (χ4n) is 6.76. The van der Waals surface area contributed by atoms with Crippen molar-refractivity contribution in [1.82, 2.24) is 10.6 Å². The second-order valence-corrected chi connectivity index (χ2v) is 14.7. The molecule has 0 bridgehead atoms. The van der Waals surface area contributed by atoms with Gasteiger partial charge in [-0.2, -0.15) is 0 Å². The minimum absolute atomic E-state index is 0.200. The lowest BCUT2D eigenvalue weighted by atomic mass is 9.80. The lowest BCUT2D eigenvalue weighted by Crippen LogP contribution is -2.49. The van der Waals surface area contributed by atoms with Crippen LogP contribution in [-0.4, -0.2) is 49.6 Å². The van der Waals surface area contributed by atoms with Crippen LogP contribution in [0.2, 0.25) is 0 Å². The van der Waals surface area contributed by atoms with E-state index in [2.05, 4.69) is 24.5 Å². The molecule has 2 amide bonds. The van der Waals surface area contributed by atoms with Gasteiger partial charge in [0.05, 0.1) is 0 Å². The number of nitrogens with two attached hydrogens (primary N) is 2. The smallest absolute Gasteiger partial charge is 0.231 e. The molecule has 0 spiro atoms. The van der Waals surface area contributed by atoms with Crippen molar-refractivity contribution in [3.05, 3.63) is 0 Å². The average molecular weight is 707 g/mol. The summed E-state index contributed by atoms with van der Waals surface area (Å²) < 4.78 is 0. The van der Waals surface area contributed by atoms with Gasteiger partial charge >= 0.3 is 0 Å². The first-order valence-electron chi connectivity index (χ1n) is 21.4. The van der Waals surface area contributed by atoms with Gasteiger partial charge in [0.1, 0.15) is 23.4 Å². The molecule has 6 N–H and O–H groups in total. The maximum atomic E-state index is 13.7. The third kappa shape index (κ3) is 27.9. The fraction of sp³-hybridized carbons (Fsp3) is 0.905. The summed E-state index contributed by atoms with van der Waals surface area (Å²) in [7, 11) is 0. The zero-order chi connectivity index (χ0) is 36.9. The van der Waals surface area contributed by atoms with E-state index < -0.39 is 23.7 Å². The maximum Gasteiger partial charge on any atom is 0.231 e. The van der Waals surface area contributed by atoms with Crippen molar-refractivity contribution >= 4 is 23.4 Å². The van der Waals surface area contributed by atoms with Crippen LogP contribution < -0.4 is 22.1 Å². The topological polar surface area (TPSA) is 144 Å². The highest BCUT2D eigenvalue weighted by molar-refractivity contribution is 6.13. The first kappa shape index (κ1) is 48.2. The Morgan fingerprint density at radius 1 is 0.380 bits per heavy atom. The molecule has 8 heteroatoms. The molecule has 0 aromatic heterocycles. The minimum Gasteiger partial charge on any atom is -0.355 e. The van der Waals surface area contributed by atoms with Gasteiger partial charge in [-0.05, 0) is 38.8 Å². The lowest BCUT2D eigenvalue weighted by Gasteiger charge is -2.24. The number of rotatable bonds is 39. The number of carbonyl (C=O) groups excluding carboxylic acids is 4. The molecule has 294 valence electrons. The van der Waals surface area contributed by atoms with Crippen LogP contribution in [0.4, 0.5) is 0 Å². The molecule has 0 fully saturated rings. The molecule has 0 aliphatic carbocycles. The number of ketones is 2. The highest BCUT2D eigenvalue weighted by Crippen LogP contribution is 2.23. The molecule has 0 heterocycles. The summed E-state index contributed by atoms with van der Waals surface area (Å²) in [5.74, 6) is -4.30. The normalized spacial score (nSPS) is 12.5. The van der Waals surface area contributed by atoms with Crippen LogP contribution in [0.3, 0.4) is 0 Å². The van der Waals surface area contributed by atoms with Crippen LogP contribution in [0.5, 0.6) is 0 Å². The number of hydrogen-bond donors (Lipinski definition) is 4. The summed E-state index contributed by atoms with van der Waals surface area (Å²) in [5.41, 5.74) is 11.3. The molecular formula is C42H82N4O4. The van der Waals surface area contributed by atoms with Crippen molar-refractivity contribution in [1.29, 1.82) is 0 Å². The molecule has 0 unspecified atom stereocenters. The summed E-state index contributed by atoms with van der Waals surface area (Å²) in [6.45, 7) is 5.93. The van der Waals surface area contributed by atoms with Gasteiger partial charge in [0.2, 0.25) is 11.8 Å². The Balaban J connectivity index is 4.94. The van der Waals surface area contributed by atoms with Gasteiger partial charge in [0, 0.05) is 25.9 Å². The average Bonchev–Trinajstić information content (AvgIpc) is 3.11. The summed E-state index contributed by atoms with van der Waals surface area (Å²) >= 11 is 0. The second kappa shape index (κ2) is 37.0. The first-order chi connectivity index (χ1) is 24.4. The van der Waals surface area contributed by atoms with Gasteiger partial charge in [0.15, 0.2) is 0 Å². The summed E-state index contributed by atoms with van der Waals surface area (Å²) in [6.07, 6.45) is 32.7. The van der Waals surface area contributed by atoms with E-state index >= 15 is 0 Å². The van der Waals surface area contributed by atoms with Crippen molar-refractivity contribution in [2.75, 3.05) is 26.2 Å². The molecule has 0 saturated heterocycles. The van der Waals surface area contributed by atoms with Crippen LogP contribution in [-0.2, 0) is 19.2 Å². The Morgan fingerprint density at radius 2 is 0.620 bits per heavy atom.